The number of nitrogens with zero attached hydrogens (tertiary/aromatic N) is 4. The van der Waals surface area contributed by atoms with Gasteiger partial charge in [0, 0.05) is 12.6 Å². The van der Waals surface area contributed by atoms with Crippen molar-refractivity contribution in [2.45, 2.75) is 13.0 Å². The average molecular weight is 371 g/mol. The predicted molar refractivity (Wildman–Crippen MR) is 98.7 cm³/mol. The molecule has 0 aliphatic rings. The van der Waals surface area contributed by atoms with Crippen molar-refractivity contribution >= 4 is 33.9 Å². The molecule has 0 radical (unpaired) electrons. The summed E-state index contributed by atoms with van der Waals surface area (Å²) in [7, 11) is 0. The molecule has 0 bridgehead atoms. The highest BCUT2D eigenvalue weighted by Gasteiger charge is 2.11. The van der Waals surface area contributed by atoms with E-state index in [4.69, 9.17) is 16.2 Å². The molecule has 0 unspecified atom stereocenters. The van der Waals surface area contributed by atoms with Crippen molar-refractivity contribution in [2.24, 2.45) is 0 Å². The van der Waals surface area contributed by atoms with Crippen LogP contribution in [0.25, 0.3) is 0 Å². The molecule has 2 aromatic heterocycles. The molecule has 0 saturated carbocycles. The maximum absolute atomic E-state index is 12.0. The maximum atomic E-state index is 12.0. The van der Waals surface area contributed by atoms with Gasteiger partial charge in [-0.15, -0.1) is 10.2 Å². The van der Waals surface area contributed by atoms with Crippen LogP contribution in [0.2, 0.25) is 0 Å². The molecule has 0 amide bonds. The third-order valence-electron chi connectivity index (χ3n) is 3.21. The lowest BCUT2D eigenvalue weighted by Gasteiger charge is -2.04. The molecular formula is C16H17N7O2S. The van der Waals surface area contributed by atoms with Gasteiger partial charge >= 0.3 is 6.01 Å². The van der Waals surface area contributed by atoms with Gasteiger partial charge in [0.1, 0.15) is 16.6 Å². The summed E-state index contributed by atoms with van der Waals surface area (Å²) in [6.07, 6.45) is 0.114. The summed E-state index contributed by atoms with van der Waals surface area (Å²) in [6.45, 7) is 0.440. The van der Waals surface area contributed by atoms with E-state index in [1.807, 2.05) is 30.3 Å². The van der Waals surface area contributed by atoms with Crippen LogP contribution in [-0.2, 0) is 17.8 Å². The van der Waals surface area contributed by atoms with Crippen LogP contribution in [0.15, 0.2) is 36.4 Å². The number of ketones is 1. The fourth-order valence-corrected chi connectivity index (χ4v) is 2.83. The van der Waals surface area contributed by atoms with E-state index in [-0.39, 0.29) is 36.5 Å². The molecule has 134 valence electrons. The van der Waals surface area contributed by atoms with Crippen molar-refractivity contribution in [2.75, 3.05) is 23.4 Å². The third kappa shape index (κ3) is 5.11. The van der Waals surface area contributed by atoms with E-state index in [1.165, 1.54) is 17.4 Å². The minimum Gasteiger partial charge on any atom is -0.455 e. The molecule has 0 atom stereocenters. The molecule has 3 rings (SSSR count). The zero-order valence-electron chi connectivity index (χ0n) is 13.8. The zero-order chi connectivity index (χ0) is 18.4. The van der Waals surface area contributed by atoms with E-state index in [0.29, 0.717) is 16.7 Å². The number of carbonyl (C=O) groups excluding carboxylic acids is 1. The molecule has 26 heavy (non-hydrogen) atoms. The third-order valence-corrected chi connectivity index (χ3v) is 4.09. The van der Waals surface area contributed by atoms with E-state index in [2.05, 4.69) is 25.5 Å². The van der Waals surface area contributed by atoms with Crippen LogP contribution in [0.1, 0.15) is 10.6 Å². The molecule has 3 aromatic rings. The van der Waals surface area contributed by atoms with E-state index < -0.39 is 0 Å². The number of nitrogens with two attached hydrogens (primary N) is 2. The molecule has 1 aromatic carbocycles. The quantitative estimate of drug-likeness (QED) is 0.534. The summed E-state index contributed by atoms with van der Waals surface area (Å²) in [5.41, 5.74) is 12.2. The topological polar surface area (TPSA) is 142 Å². The number of anilines is 3. The molecule has 0 saturated heterocycles. The van der Waals surface area contributed by atoms with Crippen molar-refractivity contribution in [3.8, 4) is 6.01 Å². The monoisotopic (exact) mass is 371 g/mol. The van der Waals surface area contributed by atoms with Crippen molar-refractivity contribution in [1.82, 2.24) is 20.2 Å². The molecule has 0 aliphatic carbocycles. The number of Topliss-reactive ketones (excluding diaryl/α,β-unsaturated/α-hetero) is 1. The van der Waals surface area contributed by atoms with E-state index >= 15 is 0 Å². The smallest absolute Gasteiger partial charge is 0.320 e. The first-order valence-corrected chi connectivity index (χ1v) is 8.55. The van der Waals surface area contributed by atoms with Crippen molar-refractivity contribution in [3.63, 3.8) is 0 Å². The SMILES string of the molecule is Nc1cc(N)nc(OCC(=O)Cc2nnc(NCc3ccccc3)s2)n1. The Morgan fingerprint density at radius 1 is 1.12 bits per heavy atom. The van der Waals surface area contributed by atoms with Crippen LogP contribution in [-0.4, -0.2) is 32.6 Å². The maximum Gasteiger partial charge on any atom is 0.320 e. The Morgan fingerprint density at radius 2 is 1.85 bits per heavy atom. The molecule has 10 heteroatoms. The molecule has 0 fully saturated rings. The number of nitrogen functional groups attached to an aromatic ring is 2. The number of hydrogen-bond acceptors (Lipinski definition) is 10. The first-order chi connectivity index (χ1) is 12.6. The molecule has 5 N–H and O–H groups in total. The summed E-state index contributed by atoms with van der Waals surface area (Å²) in [5, 5.41) is 12.5. The van der Waals surface area contributed by atoms with Gasteiger partial charge in [-0.1, -0.05) is 41.7 Å². The van der Waals surface area contributed by atoms with Gasteiger partial charge in [0.25, 0.3) is 0 Å². The minimum atomic E-state index is -0.199. The first kappa shape index (κ1) is 17.5. The van der Waals surface area contributed by atoms with Crippen LogP contribution in [0, 0.1) is 0 Å². The second-order valence-corrected chi connectivity index (χ2v) is 6.41. The van der Waals surface area contributed by atoms with Gasteiger partial charge in [-0.2, -0.15) is 9.97 Å². The Bertz CT molecular complexity index is 865. The second kappa shape index (κ2) is 8.21. The van der Waals surface area contributed by atoms with E-state index in [0.717, 1.165) is 5.56 Å². The Labute approximate surface area is 153 Å². The predicted octanol–water partition coefficient (Wildman–Crippen LogP) is 1.30. The fraction of sp³-hybridized carbons (Fsp3) is 0.188. The highest BCUT2D eigenvalue weighted by Crippen LogP contribution is 2.17. The number of ether oxygens (including phenoxy) is 1. The number of nitrogens with one attached hydrogen (secondary N) is 1. The first-order valence-electron chi connectivity index (χ1n) is 7.73. The van der Waals surface area contributed by atoms with E-state index in [1.54, 1.807) is 0 Å². The molecule has 9 nitrogen and oxygen atoms in total. The minimum absolute atomic E-state index is 0.0293. The lowest BCUT2D eigenvalue weighted by atomic mass is 10.2. The van der Waals surface area contributed by atoms with Crippen LogP contribution in [0.3, 0.4) is 0 Å². The van der Waals surface area contributed by atoms with Crippen LogP contribution < -0.4 is 21.5 Å². The van der Waals surface area contributed by atoms with Crippen LogP contribution in [0.4, 0.5) is 16.8 Å². The van der Waals surface area contributed by atoms with Crippen molar-refractivity contribution < 1.29 is 9.53 Å². The summed E-state index contributed by atoms with van der Waals surface area (Å²) in [4.78, 5) is 19.7. The number of rotatable bonds is 8. The number of benzene rings is 1. The molecular weight excluding hydrogens is 354 g/mol. The molecule has 0 aliphatic heterocycles. The van der Waals surface area contributed by atoms with Gasteiger partial charge < -0.3 is 21.5 Å². The van der Waals surface area contributed by atoms with E-state index in [9.17, 15) is 4.79 Å². The summed E-state index contributed by atoms with van der Waals surface area (Å²) >= 11 is 1.33. The lowest BCUT2D eigenvalue weighted by molar-refractivity contribution is -0.120. The molecule has 0 spiro atoms. The summed E-state index contributed by atoms with van der Waals surface area (Å²) in [5.74, 6) is 0.178. The summed E-state index contributed by atoms with van der Waals surface area (Å²) in [6, 6.07) is 11.3. The Balaban J connectivity index is 1.48. The highest BCUT2D eigenvalue weighted by molar-refractivity contribution is 7.15. The zero-order valence-corrected chi connectivity index (χ0v) is 14.6. The number of aromatic nitrogens is 4. The van der Waals surface area contributed by atoms with Gasteiger partial charge in [-0.25, -0.2) is 0 Å². The fourth-order valence-electron chi connectivity index (χ4n) is 2.06. The van der Waals surface area contributed by atoms with Gasteiger partial charge in [-0.3, -0.25) is 4.79 Å². The van der Waals surface area contributed by atoms with Gasteiger partial charge in [0.15, 0.2) is 12.4 Å². The van der Waals surface area contributed by atoms with Gasteiger partial charge in [0.05, 0.1) is 6.42 Å². The van der Waals surface area contributed by atoms with Crippen molar-refractivity contribution in [1.29, 1.82) is 0 Å². The average Bonchev–Trinajstić information content (AvgIpc) is 3.06. The normalized spacial score (nSPS) is 10.5. The standard InChI is InChI=1S/C16H17N7O2S/c17-12-7-13(18)21-15(20-12)25-9-11(24)6-14-22-23-16(26-14)19-8-10-4-2-1-3-5-10/h1-5,7H,6,8-9H2,(H,19,23)(H4,17,18,20,21). The van der Waals surface area contributed by atoms with Crippen LogP contribution in [0.5, 0.6) is 6.01 Å². The van der Waals surface area contributed by atoms with Gasteiger partial charge in [-0.05, 0) is 5.56 Å². The van der Waals surface area contributed by atoms with Gasteiger partial charge in [0.2, 0.25) is 5.13 Å². The Morgan fingerprint density at radius 3 is 2.58 bits per heavy atom. The number of hydrogen-bond donors (Lipinski definition) is 3. The largest absolute Gasteiger partial charge is 0.455 e. The molecule has 2 heterocycles. The Kier molecular flexibility index (Phi) is 5.54. The van der Waals surface area contributed by atoms with Crippen molar-refractivity contribution in [3.05, 3.63) is 47.0 Å². The lowest BCUT2D eigenvalue weighted by Crippen LogP contribution is -2.15. The second-order valence-electron chi connectivity index (χ2n) is 5.34. The van der Waals surface area contributed by atoms with Crippen LogP contribution >= 0.6 is 11.3 Å². The summed E-state index contributed by atoms with van der Waals surface area (Å²) < 4.78 is 5.22. The Hall–Kier alpha value is -3.27. The number of carbonyl (C=O) groups is 1. The highest BCUT2D eigenvalue weighted by atomic mass is 32.1.